The summed E-state index contributed by atoms with van der Waals surface area (Å²) in [7, 11) is 0. The summed E-state index contributed by atoms with van der Waals surface area (Å²) in [6.45, 7) is 5.31. The molecule has 0 unspecified atom stereocenters. The van der Waals surface area contributed by atoms with Gasteiger partial charge in [-0.1, -0.05) is 36.4 Å². The average molecular weight is 601 g/mol. The number of aryl methyl sites for hydroxylation is 2. The topological polar surface area (TPSA) is 162 Å². The summed E-state index contributed by atoms with van der Waals surface area (Å²) >= 11 is 0. The predicted octanol–water partition coefficient (Wildman–Crippen LogP) is 4.34. The van der Waals surface area contributed by atoms with Gasteiger partial charge in [0.25, 0.3) is 11.8 Å². The summed E-state index contributed by atoms with van der Waals surface area (Å²) < 4.78 is 0. The Morgan fingerprint density at radius 2 is 0.956 bits per heavy atom. The van der Waals surface area contributed by atoms with Crippen molar-refractivity contribution in [1.29, 1.82) is 0 Å². The first kappa shape index (κ1) is 30.0. The zero-order chi connectivity index (χ0) is 31.6. The molecule has 0 saturated heterocycles. The molecule has 0 bridgehead atoms. The minimum absolute atomic E-state index is 0.237. The van der Waals surface area contributed by atoms with Crippen molar-refractivity contribution in [3.63, 3.8) is 0 Å². The van der Waals surface area contributed by atoms with Crippen molar-refractivity contribution in [2.75, 3.05) is 26.2 Å². The largest absolute Gasteiger partial charge is 0.352 e. The molecule has 0 spiro atoms. The molecule has 10 heteroatoms. The summed E-state index contributed by atoms with van der Waals surface area (Å²) in [6.07, 6.45) is 1.09. The number of benzene rings is 4. The molecule has 0 atom stereocenters. The van der Waals surface area contributed by atoms with Gasteiger partial charge in [-0.15, -0.1) is 0 Å². The van der Waals surface area contributed by atoms with Gasteiger partial charge in [0.1, 0.15) is 11.0 Å². The lowest BCUT2D eigenvalue weighted by atomic mass is 9.81. The van der Waals surface area contributed by atoms with E-state index in [4.69, 9.17) is 31.4 Å². The number of hydrogen-bond donors (Lipinski definition) is 4. The van der Waals surface area contributed by atoms with Gasteiger partial charge in [-0.05, 0) is 92.7 Å². The number of nitrogens with two attached hydrogens (primary N) is 2. The molecule has 10 nitrogen and oxygen atoms in total. The Morgan fingerprint density at radius 3 is 1.36 bits per heavy atom. The molecule has 2 heterocycles. The van der Waals surface area contributed by atoms with Crippen LogP contribution in [0.15, 0.2) is 72.8 Å². The van der Waals surface area contributed by atoms with Gasteiger partial charge >= 0.3 is 0 Å². The van der Waals surface area contributed by atoms with E-state index in [1.807, 2.05) is 74.5 Å². The van der Waals surface area contributed by atoms with Crippen molar-refractivity contribution in [3.8, 4) is 0 Å². The van der Waals surface area contributed by atoms with E-state index in [-0.39, 0.29) is 11.8 Å². The number of carbonyl (C=O) groups excluding carboxylic acids is 2. The lowest BCUT2D eigenvalue weighted by molar-refractivity contribution is 0.0946. The van der Waals surface area contributed by atoms with E-state index in [2.05, 4.69) is 10.6 Å². The van der Waals surface area contributed by atoms with Gasteiger partial charge in [0.15, 0.2) is 0 Å². The van der Waals surface area contributed by atoms with Crippen LogP contribution in [-0.2, 0) is 0 Å². The average Bonchev–Trinajstić information content (AvgIpc) is 3.05. The van der Waals surface area contributed by atoms with Crippen LogP contribution in [0.3, 0.4) is 0 Å². The molecule has 0 saturated carbocycles. The van der Waals surface area contributed by atoms with Gasteiger partial charge in [-0.25, -0.2) is 19.9 Å². The summed E-state index contributed by atoms with van der Waals surface area (Å²) in [5.74, 6) is -0.474. The highest BCUT2D eigenvalue weighted by Crippen LogP contribution is 2.25. The third kappa shape index (κ3) is 5.90. The van der Waals surface area contributed by atoms with Gasteiger partial charge in [0.2, 0.25) is 0 Å². The van der Waals surface area contributed by atoms with Crippen LogP contribution in [0.5, 0.6) is 0 Å². The van der Waals surface area contributed by atoms with Crippen molar-refractivity contribution in [1.82, 2.24) is 30.6 Å². The van der Waals surface area contributed by atoms with Crippen LogP contribution in [-0.4, -0.2) is 57.9 Å². The summed E-state index contributed by atoms with van der Waals surface area (Å²) in [6, 6.07) is 22.5. The molecule has 2 amide bonds. The Bertz CT molecular complexity index is 1930. The lowest BCUT2D eigenvalue weighted by Crippen LogP contribution is -2.43. The highest BCUT2D eigenvalue weighted by Gasteiger charge is 2.27. The van der Waals surface area contributed by atoms with Gasteiger partial charge < -0.3 is 22.1 Å². The van der Waals surface area contributed by atoms with E-state index in [1.165, 1.54) is 0 Å². The van der Waals surface area contributed by atoms with Crippen LogP contribution in [0.1, 0.15) is 44.7 Å². The Balaban J connectivity index is 1.11. The van der Waals surface area contributed by atoms with Crippen molar-refractivity contribution in [2.45, 2.75) is 26.7 Å². The first-order valence-corrected chi connectivity index (χ1v) is 15.1. The van der Waals surface area contributed by atoms with Crippen LogP contribution >= 0.6 is 0 Å². The molecule has 0 aliphatic heterocycles. The van der Waals surface area contributed by atoms with E-state index < -0.39 is 5.41 Å². The first-order chi connectivity index (χ1) is 21.8. The van der Waals surface area contributed by atoms with Gasteiger partial charge in [-0.3, -0.25) is 9.59 Å². The van der Waals surface area contributed by atoms with E-state index in [0.717, 1.165) is 33.2 Å². The number of rotatable bonds is 10. The second kappa shape index (κ2) is 12.5. The van der Waals surface area contributed by atoms with E-state index in [1.54, 1.807) is 12.1 Å². The molecule has 6 N–H and O–H groups in total. The molecule has 0 fully saturated rings. The summed E-state index contributed by atoms with van der Waals surface area (Å²) in [5, 5.41) is 6.04. The van der Waals surface area contributed by atoms with E-state index in [0.29, 0.717) is 72.2 Å². The second-order valence-corrected chi connectivity index (χ2v) is 11.6. The molecular formula is C35H36N8O2. The zero-order valence-electron chi connectivity index (χ0n) is 25.4. The van der Waals surface area contributed by atoms with Crippen LogP contribution in [0.25, 0.3) is 44.1 Å². The fourth-order valence-electron chi connectivity index (χ4n) is 5.78. The molecule has 45 heavy (non-hydrogen) atoms. The molecule has 6 aromatic rings. The molecular weight excluding hydrogens is 564 g/mol. The normalized spacial score (nSPS) is 11.8. The quantitative estimate of drug-likeness (QED) is 0.169. The highest BCUT2D eigenvalue weighted by molar-refractivity contribution is 6.07. The maximum absolute atomic E-state index is 13.3. The Hall–Kier alpha value is -5.06. The molecule has 2 aromatic heterocycles. The molecule has 6 rings (SSSR count). The monoisotopic (exact) mass is 600 g/mol. The van der Waals surface area contributed by atoms with Gasteiger partial charge in [0.05, 0.1) is 44.2 Å². The number of amides is 2. The van der Waals surface area contributed by atoms with Gasteiger partial charge in [-0.2, -0.15) is 0 Å². The van der Waals surface area contributed by atoms with Gasteiger partial charge in [0, 0.05) is 13.1 Å². The summed E-state index contributed by atoms with van der Waals surface area (Å²) in [4.78, 5) is 45.6. The van der Waals surface area contributed by atoms with Crippen LogP contribution in [0.2, 0.25) is 0 Å². The van der Waals surface area contributed by atoms with Crippen molar-refractivity contribution < 1.29 is 9.59 Å². The fourth-order valence-corrected chi connectivity index (χ4v) is 5.78. The number of aromatic nitrogens is 4. The van der Waals surface area contributed by atoms with Crippen molar-refractivity contribution in [2.24, 2.45) is 16.9 Å². The second-order valence-electron chi connectivity index (χ2n) is 11.6. The Kier molecular flexibility index (Phi) is 8.34. The number of hydrogen-bond acceptors (Lipinski definition) is 8. The van der Waals surface area contributed by atoms with E-state index in [9.17, 15) is 9.59 Å². The Morgan fingerprint density at radius 1 is 0.578 bits per heavy atom. The number of fused-ring (bicyclic) bond motifs is 4. The third-order valence-electron chi connectivity index (χ3n) is 8.63. The maximum Gasteiger partial charge on any atom is 0.253 e. The maximum atomic E-state index is 13.3. The van der Waals surface area contributed by atoms with Crippen LogP contribution in [0, 0.1) is 19.3 Å². The smallest absolute Gasteiger partial charge is 0.253 e. The Labute approximate surface area is 260 Å². The third-order valence-corrected chi connectivity index (χ3v) is 8.63. The molecule has 228 valence electrons. The van der Waals surface area contributed by atoms with Crippen molar-refractivity contribution >= 4 is 55.9 Å². The molecule has 4 aromatic carbocycles. The summed E-state index contributed by atoms with van der Waals surface area (Å²) in [5.41, 5.74) is 20.5. The first-order valence-electron chi connectivity index (χ1n) is 15.1. The SMILES string of the molecule is Cc1cccc2nc3cccc(C(=O)NCCC(CN)(CN)CCNC(=O)c4cccc5nc6cccc(C)c6nc45)c3nc12. The molecule has 0 radical (unpaired) electrons. The fraction of sp³-hybridized carbons (Fsp3) is 0.257. The zero-order valence-corrected chi connectivity index (χ0v) is 25.4. The highest BCUT2D eigenvalue weighted by atomic mass is 16.2. The standard InChI is InChI=1S/C35H36N8O2/c1-21-7-3-11-25-29(21)42-31-23(9-5-13-27(31)40-25)33(44)38-17-15-35(19-36,20-37)16-18-39-34(45)24-10-6-14-28-32(24)43-30-22(2)8-4-12-26(30)41-28/h3-14H,15-20,36-37H2,1-2H3,(H,38,44)(H,39,45). The van der Waals surface area contributed by atoms with E-state index >= 15 is 0 Å². The number of para-hydroxylation sites is 4. The molecule has 0 aliphatic rings. The number of carbonyl (C=O) groups is 2. The van der Waals surface area contributed by atoms with Crippen molar-refractivity contribution in [3.05, 3.63) is 95.1 Å². The number of nitrogens with zero attached hydrogens (tertiary/aromatic N) is 4. The minimum atomic E-state index is -0.474. The van der Waals surface area contributed by atoms with Crippen LogP contribution in [0.4, 0.5) is 0 Å². The number of nitrogens with one attached hydrogen (secondary N) is 2. The lowest BCUT2D eigenvalue weighted by Gasteiger charge is -2.31. The minimum Gasteiger partial charge on any atom is -0.352 e. The predicted molar refractivity (Wildman–Crippen MR) is 178 cm³/mol. The van der Waals surface area contributed by atoms with Crippen LogP contribution < -0.4 is 22.1 Å². The molecule has 0 aliphatic carbocycles.